The molecule has 2 rings (SSSR count). The van der Waals surface area contributed by atoms with Crippen LogP contribution in [0.1, 0.15) is 19.3 Å². The lowest BCUT2D eigenvalue weighted by atomic mass is 10.2. The van der Waals surface area contributed by atoms with E-state index in [2.05, 4.69) is 15.9 Å². The fraction of sp³-hybridized carbons (Fsp3) is 0.385. The topological polar surface area (TPSA) is 52.2 Å². The van der Waals surface area contributed by atoms with E-state index in [4.69, 9.17) is 4.42 Å². The Bertz CT molecular complexity index is 644. The quantitative estimate of drug-likeness (QED) is 0.630. The molecule has 0 spiro atoms. The number of para-hydroxylation sites is 1. The van der Waals surface area contributed by atoms with E-state index in [0.29, 0.717) is 17.5 Å². The van der Waals surface area contributed by atoms with Crippen molar-refractivity contribution in [2.45, 2.75) is 25.8 Å². The molecule has 1 aromatic carbocycles. The predicted molar refractivity (Wildman–Crippen MR) is 74.4 cm³/mol. The van der Waals surface area contributed by atoms with Gasteiger partial charge in [-0.05, 0) is 25.0 Å². The van der Waals surface area contributed by atoms with E-state index in [0.717, 1.165) is 24.6 Å². The summed E-state index contributed by atoms with van der Waals surface area (Å²) in [6.07, 6.45) is 2.81. The number of halogens is 1. The van der Waals surface area contributed by atoms with E-state index in [1.807, 2.05) is 0 Å². The molecule has 0 saturated carbocycles. The number of hydrogen-bond donors (Lipinski definition) is 0. The van der Waals surface area contributed by atoms with Crippen LogP contribution in [0.2, 0.25) is 0 Å². The Morgan fingerprint density at radius 3 is 2.67 bits per heavy atom. The maximum absolute atomic E-state index is 12.1. The summed E-state index contributed by atoms with van der Waals surface area (Å²) in [6, 6.07) is 6.81. The van der Waals surface area contributed by atoms with Crippen molar-refractivity contribution in [1.82, 2.24) is 4.57 Å². The van der Waals surface area contributed by atoms with Crippen LogP contribution >= 0.6 is 15.9 Å². The van der Waals surface area contributed by atoms with Gasteiger partial charge in [-0.3, -0.25) is 4.79 Å². The van der Waals surface area contributed by atoms with Gasteiger partial charge in [0.25, 0.3) is 5.56 Å². The molecular formula is C13H14BrNO3. The van der Waals surface area contributed by atoms with Crippen molar-refractivity contribution in [2.75, 3.05) is 5.33 Å². The van der Waals surface area contributed by atoms with Crippen molar-refractivity contribution in [3.05, 3.63) is 45.2 Å². The normalized spacial score (nSPS) is 10.9. The summed E-state index contributed by atoms with van der Waals surface area (Å²) in [5, 5.41) is 1.39. The van der Waals surface area contributed by atoms with E-state index < -0.39 is 5.76 Å². The molecule has 0 saturated heterocycles. The maximum Gasteiger partial charge on any atom is 0.422 e. The largest absolute Gasteiger partial charge is 0.422 e. The zero-order valence-electron chi connectivity index (χ0n) is 9.89. The minimum absolute atomic E-state index is 0.263. The molecule has 0 aliphatic rings. The highest BCUT2D eigenvalue weighted by molar-refractivity contribution is 9.09. The standard InChI is InChI=1S/C13H14BrNO3/c14-8-4-1-5-9-15-12(16)10-6-2-3-7-11(10)18-13(15)17/h2-3,6-7H,1,4-5,8-9H2. The SMILES string of the molecule is O=c1oc2ccccc2c(=O)n1CCCCCBr. The first-order valence-corrected chi connectivity index (χ1v) is 7.05. The number of rotatable bonds is 5. The summed E-state index contributed by atoms with van der Waals surface area (Å²) in [4.78, 5) is 23.8. The van der Waals surface area contributed by atoms with Gasteiger partial charge in [0, 0.05) is 11.9 Å². The minimum atomic E-state index is -0.572. The molecule has 18 heavy (non-hydrogen) atoms. The van der Waals surface area contributed by atoms with Crippen LogP contribution in [0.3, 0.4) is 0 Å². The van der Waals surface area contributed by atoms with Gasteiger partial charge in [-0.25, -0.2) is 9.36 Å². The first-order chi connectivity index (χ1) is 8.74. The predicted octanol–water partition coefficient (Wildman–Crippen LogP) is 2.52. The second-order valence-electron chi connectivity index (χ2n) is 4.07. The molecule has 1 aromatic heterocycles. The van der Waals surface area contributed by atoms with Crippen LogP contribution in [0.25, 0.3) is 11.0 Å². The maximum atomic E-state index is 12.1. The Hall–Kier alpha value is -1.36. The van der Waals surface area contributed by atoms with Crippen molar-refractivity contribution >= 4 is 26.9 Å². The molecule has 0 N–H and O–H groups in total. The molecule has 0 fully saturated rings. The third-order valence-electron chi connectivity index (χ3n) is 2.80. The Morgan fingerprint density at radius 2 is 1.89 bits per heavy atom. The lowest BCUT2D eigenvalue weighted by molar-refractivity contribution is 0.444. The molecular weight excluding hydrogens is 298 g/mol. The molecule has 0 aliphatic heterocycles. The van der Waals surface area contributed by atoms with E-state index in [1.165, 1.54) is 4.57 Å². The summed E-state index contributed by atoms with van der Waals surface area (Å²) < 4.78 is 6.31. The molecule has 2 aromatic rings. The number of nitrogens with zero attached hydrogens (tertiary/aromatic N) is 1. The van der Waals surface area contributed by atoms with Crippen LogP contribution in [-0.4, -0.2) is 9.90 Å². The molecule has 1 heterocycles. The number of benzene rings is 1. The van der Waals surface area contributed by atoms with Crippen molar-refractivity contribution < 1.29 is 4.42 Å². The summed E-state index contributed by atoms with van der Waals surface area (Å²) >= 11 is 3.35. The first kappa shape index (κ1) is 13.1. The number of unbranched alkanes of at least 4 members (excludes halogenated alkanes) is 2. The van der Waals surface area contributed by atoms with Crippen LogP contribution in [0, 0.1) is 0 Å². The van der Waals surface area contributed by atoms with E-state index >= 15 is 0 Å². The van der Waals surface area contributed by atoms with Gasteiger partial charge in [-0.1, -0.05) is 34.5 Å². The molecule has 0 unspecified atom stereocenters. The zero-order valence-corrected chi connectivity index (χ0v) is 11.5. The first-order valence-electron chi connectivity index (χ1n) is 5.92. The molecule has 96 valence electrons. The van der Waals surface area contributed by atoms with Crippen LogP contribution in [0.5, 0.6) is 0 Å². The van der Waals surface area contributed by atoms with Crippen LogP contribution in [-0.2, 0) is 6.54 Å². The summed E-state index contributed by atoms with van der Waals surface area (Å²) in [7, 11) is 0. The van der Waals surface area contributed by atoms with Gasteiger partial charge in [-0.15, -0.1) is 0 Å². The Labute approximate surface area is 112 Å². The second-order valence-corrected chi connectivity index (χ2v) is 4.86. The summed E-state index contributed by atoms with van der Waals surface area (Å²) in [6.45, 7) is 0.416. The average molecular weight is 312 g/mol. The van der Waals surface area contributed by atoms with Crippen LogP contribution < -0.4 is 11.3 Å². The van der Waals surface area contributed by atoms with Crippen molar-refractivity contribution in [3.63, 3.8) is 0 Å². The summed E-state index contributed by atoms with van der Waals surface area (Å²) in [5.74, 6) is -0.572. The zero-order chi connectivity index (χ0) is 13.0. The monoisotopic (exact) mass is 311 g/mol. The van der Waals surface area contributed by atoms with E-state index in [-0.39, 0.29) is 5.56 Å². The fourth-order valence-corrected chi connectivity index (χ4v) is 2.24. The van der Waals surface area contributed by atoms with Crippen molar-refractivity contribution in [1.29, 1.82) is 0 Å². The molecule has 0 bridgehead atoms. The Balaban J connectivity index is 2.33. The summed E-state index contributed by atoms with van der Waals surface area (Å²) in [5.41, 5.74) is 0.0879. The van der Waals surface area contributed by atoms with Gasteiger partial charge in [0.15, 0.2) is 0 Å². The fourth-order valence-electron chi connectivity index (χ4n) is 1.84. The smallest absolute Gasteiger partial charge is 0.409 e. The molecule has 0 amide bonds. The number of aromatic nitrogens is 1. The van der Waals surface area contributed by atoms with Gasteiger partial charge in [0.2, 0.25) is 0 Å². The van der Waals surface area contributed by atoms with Gasteiger partial charge < -0.3 is 4.42 Å². The van der Waals surface area contributed by atoms with Gasteiger partial charge in [0.05, 0.1) is 5.39 Å². The number of fused-ring (bicyclic) bond motifs is 1. The molecule has 4 nitrogen and oxygen atoms in total. The highest BCUT2D eigenvalue weighted by atomic mass is 79.9. The van der Waals surface area contributed by atoms with Gasteiger partial charge in [-0.2, -0.15) is 0 Å². The molecule has 0 radical (unpaired) electrons. The minimum Gasteiger partial charge on any atom is -0.409 e. The highest BCUT2D eigenvalue weighted by Gasteiger charge is 2.08. The third kappa shape index (κ3) is 2.72. The van der Waals surface area contributed by atoms with Gasteiger partial charge >= 0.3 is 5.76 Å². The number of hydrogen-bond acceptors (Lipinski definition) is 3. The van der Waals surface area contributed by atoms with Crippen LogP contribution in [0.4, 0.5) is 0 Å². The van der Waals surface area contributed by atoms with E-state index in [9.17, 15) is 9.59 Å². The lowest BCUT2D eigenvalue weighted by Gasteiger charge is -2.04. The lowest BCUT2D eigenvalue weighted by Crippen LogP contribution is -2.32. The van der Waals surface area contributed by atoms with Crippen molar-refractivity contribution in [3.8, 4) is 0 Å². The third-order valence-corrected chi connectivity index (χ3v) is 3.36. The van der Waals surface area contributed by atoms with Crippen molar-refractivity contribution in [2.24, 2.45) is 0 Å². The van der Waals surface area contributed by atoms with E-state index in [1.54, 1.807) is 24.3 Å². The average Bonchev–Trinajstić information content (AvgIpc) is 2.38. The highest BCUT2D eigenvalue weighted by Crippen LogP contribution is 2.06. The second kappa shape index (κ2) is 6.00. The Kier molecular flexibility index (Phi) is 4.36. The van der Waals surface area contributed by atoms with Crippen LogP contribution in [0.15, 0.2) is 38.3 Å². The molecule has 0 atom stereocenters. The Morgan fingerprint density at radius 1 is 1.11 bits per heavy atom. The molecule has 0 aliphatic carbocycles. The van der Waals surface area contributed by atoms with Gasteiger partial charge in [0.1, 0.15) is 5.58 Å². The molecule has 5 heteroatoms. The number of alkyl halides is 1.